The van der Waals surface area contributed by atoms with Gasteiger partial charge < -0.3 is 9.30 Å². The third kappa shape index (κ3) is 2.49. The zero-order valence-corrected chi connectivity index (χ0v) is 14.5. The topological polar surface area (TPSA) is 63.7 Å². The molecular formula is C21H16N4O. The summed E-state index contributed by atoms with van der Waals surface area (Å²) in [6, 6.07) is 18.0. The molecule has 0 unspecified atom stereocenters. The molecule has 5 heteroatoms. The summed E-state index contributed by atoms with van der Waals surface area (Å²) in [5.41, 5.74) is 5.75. The maximum Gasteiger partial charge on any atom is 0.119 e. The molecule has 2 aromatic heterocycles. The number of aromatic nitrogens is 3. The van der Waals surface area contributed by atoms with E-state index in [1.165, 1.54) is 6.33 Å². The lowest BCUT2D eigenvalue weighted by Crippen LogP contribution is -1.98. The predicted octanol–water partition coefficient (Wildman–Crippen LogP) is 4.28. The first-order valence-electron chi connectivity index (χ1n) is 8.19. The summed E-state index contributed by atoms with van der Waals surface area (Å²) in [5, 5.41) is 9.57. The average molecular weight is 340 g/mol. The first kappa shape index (κ1) is 15.9. The Balaban J connectivity index is 2.08. The van der Waals surface area contributed by atoms with Crippen molar-refractivity contribution in [2.75, 3.05) is 7.11 Å². The molecule has 0 atom stereocenters. The van der Waals surface area contributed by atoms with E-state index in [0.717, 1.165) is 33.8 Å². The van der Waals surface area contributed by atoms with Gasteiger partial charge in [-0.2, -0.15) is 5.26 Å². The second kappa shape index (κ2) is 6.34. The fourth-order valence-corrected chi connectivity index (χ4v) is 3.15. The molecule has 26 heavy (non-hydrogen) atoms. The van der Waals surface area contributed by atoms with Crippen LogP contribution in [0.5, 0.6) is 5.75 Å². The van der Waals surface area contributed by atoms with E-state index in [2.05, 4.69) is 16.0 Å². The molecule has 0 aliphatic heterocycles. The molecule has 126 valence electrons. The number of nitrogens with zero attached hydrogens (tertiary/aromatic N) is 4. The number of benzene rings is 2. The molecule has 0 radical (unpaired) electrons. The molecule has 0 saturated heterocycles. The third-order valence-electron chi connectivity index (χ3n) is 4.42. The minimum Gasteiger partial charge on any atom is -0.497 e. The predicted molar refractivity (Wildman–Crippen MR) is 100 cm³/mol. The molecule has 0 aliphatic carbocycles. The van der Waals surface area contributed by atoms with Gasteiger partial charge in [0.05, 0.1) is 23.9 Å². The van der Waals surface area contributed by atoms with Crippen LogP contribution in [0.3, 0.4) is 0 Å². The molecule has 5 nitrogen and oxygen atoms in total. The monoisotopic (exact) mass is 340 g/mol. The number of para-hydroxylation sites is 1. The van der Waals surface area contributed by atoms with Crippen LogP contribution in [0.1, 0.15) is 11.1 Å². The van der Waals surface area contributed by atoms with Crippen LogP contribution in [-0.2, 0) is 0 Å². The minimum absolute atomic E-state index is 0.523. The summed E-state index contributed by atoms with van der Waals surface area (Å²) < 4.78 is 7.34. The van der Waals surface area contributed by atoms with Crippen molar-refractivity contribution < 1.29 is 4.74 Å². The van der Waals surface area contributed by atoms with E-state index in [9.17, 15) is 5.26 Å². The van der Waals surface area contributed by atoms with Crippen LogP contribution in [-0.4, -0.2) is 21.6 Å². The zero-order chi connectivity index (χ0) is 18.1. The molecule has 2 heterocycles. The van der Waals surface area contributed by atoms with E-state index in [1.54, 1.807) is 7.11 Å². The van der Waals surface area contributed by atoms with Crippen LogP contribution in [0, 0.1) is 18.3 Å². The Labute approximate surface area is 151 Å². The molecule has 0 spiro atoms. The molecule has 4 aromatic rings. The number of methoxy groups -OCH3 is 1. The molecular weight excluding hydrogens is 324 g/mol. The standard InChI is InChI=1S/C21H16N4O/c1-14-6-3-4-9-18(14)25-12-16(11-22)20-21(25)19(23-13-24-20)15-7-5-8-17(10-15)26-2/h3-10,12-13H,1-2H3. The highest BCUT2D eigenvalue weighted by atomic mass is 16.5. The number of fused-ring (bicyclic) bond motifs is 1. The van der Waals surface area contributed by atoms with Crippen LogP contribution in [0.4, 0.5) is 0 Å². The average Bonchev–Trinajstić information content (AvgIpc) is 3.07. The van der Waals surface area contributed by atoms with Gasteiger partial charge in [-0.1, -0.05) is 30.3 Å². The Kier molecular flexibility index (Phi) is 3.86. The van der Waals surface area contributed by atoms with Gasteiger partial charge in [-0.3, -0.25) is 0 Å². The van der Waals surface area contributed by atoms with Gasteiger partial charge >= 0.3 is 0 Å². The normalized spacial score (nSPS) is 10.7. The van der Waals surface area contributed by atoms with Crippen molar-refractivity contribution in [3.05, 3.63) is 72.2 Å². The number of hydrogen-bond acceptors (Lipinski definition) is 4. The van der Waals surface area contributed by atoms with Crippen LogP contribution in [0.15, 0.2) is 61.1 Å². The van der Waals surface area contributed by atoms with Gasteiger partial charge in [-0.15, -0.1) is 0 Å². The lowest BCUT2D eigenvalue weighted by molar-refractivity contribution is 0.415. The largest absolute Gasteiger partial charge is 0.497 e. The van der Waals surface area contributed by atoms with Gasteiger partial charge in [-0.05, 0) is 30.7 Å². The maximum absolute atomic E-state index is 9.57. The Morgan fingerprint density at radius 2 is 1.92 bits per heavy atom. The van der Waals surface area contributed by atoms with Crippen molar-refractivity contribution in [2.45, 2.75) is 6.92 Å². The fourth-order valence-electron chi connectivity index (χ4n) is 3.15. The van der Waals surface area contributed by atoms with Gasteiger partial charge in [0, 0.05) is 17.4 Å². The van der Waals surface area contributed by atoms with Crippen LogP contribution >= 0.6 is 0 Å². The van der Waals surface area contributed by atoms with Crippen molar-refractivity contribution in [1.29, 1.82) is 5.26 Å². The number of ether oxygens (including phenoxy) is 1. The lowest BCUT2D eigenvalue weighted by Gasteiger charge is -2.11. The van der Waals surface area contributed by atoms with Crippen LogP contribution in [0.2, 0.25) is 0 Å². The SMILES string of the molecule is COc1cccc(-c2ncnc3c(C#N)cn(-c4ccccc4C)c23)c1. The summed E-state index contributed by atoms with van der Waals surface area (Å²) >= 11 is 0. The zero-order valence-electron chi connectivity index (χ0n) is 14.5. The van der Waals surface area contributed by atoms with E-state index < -0.39 is 0 Å². The Morgan fingerprint density at radius 3 is 2.69 bits per heavy atom. The van der Waals surface area contributed by atoms with Gasteiger partial charge in [0.15, 0.2) is 0 Å². The van der Waals surface area contributed by atoms with Gasteiger partial charge in [0.2, 0.25) is 0 Å². The molecule has 0 aliphatic rings. The van der Waals surface area contributed by atoms with Crippen molar-refractivity contribution in [3.8, 4) is 28.8 Å². The smallest absolute Gasteiger partial charge is 0.119 e. The number of rotatable bonds is 3. The molecule has 2 aromatic carbocycles. The first-order valence-corrected chi connectivity index (χ1v) is 8.19. The number of nitriles is 1. The Bertz CT molecular complexity index is 1150. The van der Waals surface area contributed by atoms with Crippen molar-refractivity contribution in [1.82, 2.24) is 14.5 Å². The maximum atomic E-state index is 9.57. The van der Waals surface area contributed by atoms with E-state index >= 15 is 0 Å². The van der Waals surface area contributed by atoms with E-state index in [4.69, 9.17) is 4.74 Å². The number of hydrogen-bond donors (Lipinski definition) is 0. The quantitative estimate of drug-likeness (QED) is 0.558. The highest BCUT2D eigenvalue weighted by Gasteiger charge is 2.18. The third-order valence-corrected chi connectivity index (χ3v) is 4.42. The van der Waals surface area contributed by atoms with Crippen LogP contribution < -0.4 is 4.74 Å². The van der Waals surface area contributed by atoms with E-state index in [0.29, 0.717) is 11.1 Å². The lowest BCUT2D eigenvalue weighted by atomic mass is 10.1. The Morgan fingerprint density at radius 1 is 1.08 bits per heavy atom. The van der Waals surface area contributed by atoms with E-state index in [1.807, 2.05) is 66.2 Å². The summed E-state index contributed by atoms with van der Waals surface area (Å²) in [6.45, 7) is 2.04. The Hall–Kier alpha value is -3.65. The highest BCUT2D eigenvalue weighted by molar-refractivity contribution is 5.94. The molecule has 0 saturated carbocycles. The second-order valence-corrected chi connectivity index (χ2v) is 5.96. The van der Waals surface area contributed by atoms with Gasteiger partial charge in [-0.25, -0.2) is 9.97 Å². The van der Waals surface area contributed by atoms with Crippen molar-refractivity contribution >= 4 is 11.0 Å². The summed E-state index contributed by atoms with van der Waals surface area (Å²) in [4.78, 5) is 8.89. The molecule has 0 amide bonds. The van der Waals surface area contributed by atoms with Crippen molar-refractivity contribution in [2.24, 2.45) is 0 Å². The molecule has 0 bridgehead atoms. The number of aryl methyl sites for hydroxylation is 1. The summed E-state index contributed by atoms with van der Waals surface area (Å²) in [7, 11) is 1.64. The molecule has 0 N–H and O–H groups in total. The minimum atomic E-state index is 0.523. The van der Waals surface area contributed by atoms with E-state index in [-0.39, 0.29) is 0 Å². The van der Waals surface area contributed by atoms with Gasteiger partial charge in [0.1, 0.15) is 23.7 Å². The summed E-state index contributed by atoms with van der Waals surface area (Å²) in [6.07, 6.45) is 3.32. The summed E-state index contributed by atoms with van der Waals surface area (Å²) in [5.74, 6) is 0.753. The first-order chi connectivity index (χ1) is 12.7. The molecule has 4 rings (SSSR count). The fraction of sp³-hybridized carbons (Fsp3) is 0.0952. The highest BCUT2D eigenvalue weighted by Crippen LogP contribution is 2.32. The van der Waals surface area contributed by atoms with Crippen LogP contribution in [0.25, 0.3) is 28.0 Å². The second-order valence-electron chi connectivity index (χ2n) is 5.96. The van der Waals surface area contributed by atoms with Crippen molar-refractivity contribution in [3.63, 3.8) is 0 Å². The van der Waals surface area contributed by atoms with Gasteiger partial charge in [0.25, 0.3) is 0 Å². The molecule has 0 fully saturated rings.